The minimum atomic E-state index is -3.34. The molecule has 2 saturated heterocycles. The van der Waals surface area contributed by atoms with Gasteiger partial charge >= 0.3 is 5.97 Å². The van der Waals surface area contributed by atoms with Gasteiger partial charge in [-0.2, -0.15) is 0 Å². The van der Waals surface area contributed by atoms with Crippen molar-refractivity contribution in [2.75, 3.05) is 65.5 Å². The summed E-state index contributed by atoms with van der Waals surface area (Å²) in [5.74, 6) is -0.875. The Hall–Kier alpha value is -2.61. The highest BCUT2D eigenvalue weighted by Gasteiger charge is 2.48. The van der Waals surface area contributed by atoms with Gasteiger partial charge in [0.25, 0.3) is 0 Å². The molecule has 0 saturated carbocycles. The maximum atomic E-state index is 13.5. The van der Waals surface area contributed by atoms with Crippen molar-refractivity contribution in [1.29, 1.82) is 0 Å². The number of rotatable bonds is 14. The van der Waals surface area contributed by atoms with Gasteiger partial charge in [-0.3, -0.25) is 14.5 Å². The zero-order chi connectivity index (χ0) is 28.9. The number of benzene rings is 1. The van der Waals surface area contributed by atoms with Crippen molar-refractivity contribution in [3.8, 4) is 17.2 Å². The maximum Gasteiger partial charge on any atom is 0.308 e. The number of hydrogen-bond donors (Lipinski definition) is 2. The average Bonchev–Trinajstić information content (AvgIpc) is 3.63. The maximum absolute atomic E-state index is 13.5. The Bertz CT molecular complexity index is 1160. The summed E-state index contributed by atoms with van der Waals surface area (Å²) in [7, 11) is -1.82. The number of carboxylic acids is 1. The zero-order valence-electron chi connectivity index (χ0n) is 23.4. The topological polar surface area (TPSA) is 152 Å². The quantitative estimate of drug-likeness (QED) is 0.328. The van der Waals surface area contributed by atoms with Crippen LogP contribution in [-0.2, 0) is 19.6 Å². The Labute approximate surface area is 236 Å². The van der Waals surface area contributed by atoms with Crippen molar-refractivity contribution in [2.24, 2.45) is 11.7 Å². The van der Waals surface area contributed by atoms with Crippen LogP contribution >= 0.6 is 0 Å². The third-order valence-corrected chi connectivity index (χ3v) is 10.1. The first-order valence-electron chi connectivity index (χ1n) is 14.1. The lowest BCUT2D eigenvalue weighted by Gasteiger charge is -2.30. The average molecular weight is 583 g/mol. The monoisotopic (exact) mass is 582 g/mol. The molecule has 224 valence electrons. The molecule has 3 unspecified atom stereocenters. The molecule has 3 aliphatic heterocycles. The molecule has 1 aromatic carbocycles. The van der Waals surface area contributed by atoms with E-state index in [1.807, 2.05) is 9.80 Å². The van der Waals surface area contributed by atoms with Gasteiger partial charge in [-0.15, -0.1) is 0 Å². The van der Waals surface area contributed by atoms with Crippen molar-refractivity contribution in [3.63, 3.8) is 0 Å². The minimum Gasteiger partial charge on any atom is -0.493 e. The molecule has 3 aliphatic rings. The predicted octanol–water partition coefficient (Wildman–Crippen LogP) is 1.30. The summed E-state index contributed by atoms with van der Waals surface area (Å²) in [4.78, 5) is 30.1. The third-order valence-electron chi connectivity index (χ3n) is 8.12. The molecule has 1 amide bonds. The first-order valence-corrected chi connectivity index (χ1v) is 15.7. The molecule has 13 heteroatoms. The van der Waals surface area contributed by atoms with E-state index in [1.165, 1.54) is 11.4 Å². The molecule has 4 rings (SSSR count). The van der Waals surface area contributed by atoms with Crippen LogP contribution in [0.1, 0.15) is 50.5 Å². The van der Waals surface area contributed by atoms with E-state index in [4.69, 9.17) is 19.9 Å². The third kappa shape index (κ3) is 6.64. The molecule has 3 N–H and O–H groups in total. The molecule has 40 heavy (non-hydrogen) atoms. The van der Waals surface area contributed by atoms with E-state index in [9.17, 15) is 23.1 Å². The Morgan fingerprint density at radius 3 is 2.65 bits per heavy atom. The van der Waals surface area contributed by atoms with Crippen LogP contribution in [0.25, 0.3) is 0 Å². The van der Waals surface area contributed by atoms with Crippen LogP contribution in [0.15, 0.2) is 12.1 Å². The van der Waals surface area contributed by atoms with E-state index in [1.54, 1.807) is 12.1 Å². The summed E-state index contributed by atoms with van der Waals surface area (Å²) in [6.07, 6.45) is 3.36. The highest BCUT2D eigenvalue weighted by Crippen LogP contribution is 2.47. The number of amides is 1. The van der Waals surface area contributed by atoms with Gasteiger partial charge in [-0.05, 0) is 49.9 Å². The summed E-state index contributed by atoms with van der Waals surface area (Å²) < 4.78 is 43.0. The van der Waals surface area contributed by atoms with Gasteiger partial charge in [0.2, 0.25) is 28.5 Å². The number of ether oxygens (including phenoxy) is 3. The van der Waals surface area contributed by atoms with E-state index in [0.717, 1.165) is 12.8 Å². The molecular formula is C27H42N4O8S. The lowest BCUT2D eigenvalue weighted by Crippen LogP contribution is -2.46. The van der Waals surface area contributed by atoms with Crippen LogP contribution in [0.5, 0.6) is 17.2 Å². The predicted molar refractivity (Wildman–Crippen MR) is 148 cm³/mol. The number of fused-ring (bicyclic) bond motifs is 1. The zero-order valence-corrected chi connectivity index (χ0v) is 24.2. The molecule has 0 aliphatic carbocycles. The summed E-state index contributed by atoms with van der Waals surface area (Å²) in [5.41, 5.74) is 6.43. The summed E-state index contributed by atoms with van der Waals surface area (Å²) in [6.45, 7) is 4.76. The molecule has 3 atom stereocenters. The molecule has 12 nitrogen and oxygen atoms in total. The summed E-state index contributed by atoms with van der Waals surface area (Å²) >= 11 is 0. The number of unbranched alkanes of at least 4 members (excludes halogenated alkanes) is 1. The number of nitrogens with zero attached hydrogens (tertiary/aromatic N) is 3. The van der Waals surface area contributed by atoms with Crippen LogP contribution in [0, 0.1) is 5.92 Å². The van der Waals surface area contributed by atoms with Crippen LogP contribution < -0.4 is 19.9 Å². The number of carboxylic acid groups (broad SMARTS) is 1. The highest BCUT2D eigenvalue weighted by atomic mass is 32.2. The fourth-order valence-corrected chi connectivity index (χ4v) is 7.58. The molecule has 0 radical (unpaired) electrons. The Morgan fingerprint density at radius 1 is 1.23 bits per heavy atom. The van der Waals surface area contributed by atoms with Crippen LogP contribution in [0.2, 0.25) is 0 Å². The highest BCUT2D eigenvalue weighted by molar-refractivity contribution is 7.89. The molecule has 2 fully saturated rings. The van der Waals surface area contributed by atoms with E-state index in [2.05, 4.69) is 6.92 Å². The molecule has 0 bridgehead atoms. The number of carbonyl (C=O) groups is 2. The first-order chi connectivity index (χ1) is 19.2. The van der Waals surface area contributed by atoms with E-state index < -0.39 is 33.9 Å². The van der Waals surface area contributed by atoms with Gasteiger partial charge in [0, 0.05) is 44.7 Å². The Morgan fingerprint density at radius 2 is 2.00 bits per heavy atom. The van der Waals surface area contributed by atoms with Crippen LogP contribution in [-0.4, -0.2) is 111 Å². The largest absolute Gasteiger partial charge is 0.493 e. The van der Waals surface area contributed by atoms with Crippen molar-refractivity contribution < 1.29 is 37.3 Å². The number of nitrogens with two attached hydrogens (primary N) is 1. The van der Waals surface area contributed by atoms with E-state index in [-0.39, 0.29) is 31.5 Å². The lowest BCUT2D eigenvalue weighted by atomic mass is 9.84. The minimum absolute atomic E-state index is 0.0477. The lowest BCUT2D eigenvalue weighted by molar-refractivity contribution is -0.143. The van der Waals surface area contributed by atoms with Crippen molar-refractivity contribution in [1.82, 2.24) is 14.1 Å². The van der Waals surface area contributed by atoms with Crippen molar-refractivity contribution in [3.05, 3.63) is 17.7 Å². The van der Waals surface area contributed by atoms with Gasteiger partial charge in [0.1, 0.15) is 0 Å². The fourth-order valence-electron chi connectivity index (χ4n) is 6.04. The van der Waals surface area contributed by atoms with Crippen LogP contribution in [0.4, 0.5) is 0 Å². The molecule has 0 aromatic heterocycles. The van der Waals surface area contributed by atoms with Gasteiger partial charge in [0.15, 0.2) is 11.5 Å². The summed E-state index contributed by atoms with van der Waals surface area (Å²) in [6, 6.07) is 3.02. The second kappa shape index (κ2) is 13.4. The number of aliphatic carboxylic acids is 1. The molecule has 0 spiro atoms. The SMILES string of the molecule is CCCCN(CCCN)C(=O)CN1CC(c2cc(OC)c3c(c2)OCO3)C(C(=O)O)C1CCN1CCCS1(=O)=O. The van der Waals surface area contributed by atoms with Gasteiger partial charge in [-0.25, -0.2) is 12.7 Å². The van der Waals surface area contributed by atoms with Crippen molar-refractivity contribution in [2.45, 2.75) is 51.0 Å². The fraction of sp³-hybridized carbons (Fsp3) is 0.704. The summed E-state index contributed by atoms with van der Waals surface area (Å²) in [5, 5.41) is 10.5. The molecule has 3 heterocycles. The molecular weight excluding hydrogens is 540 g/mol. The Kier molecular flexibility index (Phi) is 10.1. The van der Waals surface area contributed by atoms with Gasteiger partial charge in [-0.1, -0.05) is 13.3 Å². The van der Waals surface area contributed by atoms with Gasteiger partial charge < -0.3 is 30.0 Å². The van der Waals surface area contributed by atoms with Crippen molar-refractivity contribution >= 4 is 21.9 Å². The number of sulfonamides is 1. The number of carbonyl (C=O) groups excluding carboxylic acids is 1. The van der Waals surface area contributed by atoms with E-state index in [0.29, 0.717) is 74.8 Å². The van der Waals surface area contributed by atoms with Gasteiger partial charge in [0.05, 0.1) is 25.3 Å². The number of hydrogen-bond acceptors (Lipinski definition) is 9. The number of methoxy groups -OCH3 is 1. The molecule has 1 aromatic rings. The first kappa shape index (κ1) is 30.4. The van der Waals surface area contributed by atoms with E-state index >= 15 is 0 Å². The van der Waals surface area contributed by atoms with Crippen LogP contribution in [0.3, 0.4) is 0 Å². The second-order valence-corrected chi connectivity index (χ2v) is 12.7. The standard InChI is InChI=1S/C27H42N4O8S/c1-3-4-9-29(10-5-8-28)24(32)17-30-16-20(19-14-22(37-2)26-23(15-19)38-18-39-26)25(27(33)34)21(30)7-12-31-11-6-13-40(31,35)36/h14-15,20-21,25H,3-13,16-18,28H2,1-2H3,(H,33,34). The second-order valence-electron chi connectivity index (χ2n) is 10.7. The normalized spacial score (nSPS) is 23.9. The smallest absolute Gasteiger partial charge is 0.308 e. The Balaban J connectivity index is 1.63. The number of likely N-dealkylation sites (tertiary alicyclic amines) is 1.